The topological polar surface area (TPSA) is 84.9 Å². The van der Waals surface area contributed by atoms with Crippen LogP contribution in [0, 0.1) is 0 Å². The lowest BCUT2D eigenvalue weighted by molar-refractivity contribution is -0.118. The van der Waals surface area contributed by atoms with Crippen LogP contribution in [0.15, 0.2) is 53.4 Å². The van der Waals surface area contributed by atoms with Crippen molar-refractivity contribution >= 4 is 21.6 Å². The lowest BCUT2D eigenvalue weighted by Crippen LogP contribution is -2.27. The minimum Gasteiger partial charge on any atom is -0.493 e. The molecular weight excluding hydrogens is 440 g/mol. The van der Waals surface area contributed by atoms with Crippen LogP contribution in [0.1, 0.15) is 51.9 Å². The van der Waals surface area contributed by atoms with Crippen LogP contribution in [0.2, 0.25) is 0 Å². The van der Waals surface area contributed by atoms with Crippen LogP contribution in [0.4, 0.5) is 5.69 Å². The Morgan fingerprint density at radius 1 is 0.939 bits per heavy atom. The molecule has 2 aromatic rings. The van der Waals surface area contributed by atoms with E-state index in [0.717, 1.165) is 31.4 Å². The van der Waals surface area contributed by atoms with E-state index >= 15 is 0 Å². The van der Waals surface area contributed by atoms with Crippen LogP contribution < -0.4 is 14.8 Å². The number of anilines is 1. The summed E-state index contributed by atoms with van der Waals surface area (Å²) in [4.78, 5) is 12.5. The molecule has 2 aromatic carbocycles. The Kier molecular flexibility index (Phi) is 9.57. The molecule has 8 heteroatoms. The van der Waals surface area contributed by atoms with Crippen molar-refractivity contribution in [2.45, 2.75) is 56.8 Å². The predicted molar refractivity (Wildman–Crippen MR) is 129 cm³/mol. The van der Waals surface area contributed by atoms with E-state index in [1.807, 2.05) is 12.1 Å². The lowest BCUT2D eigenvalue weighted by Gasteiger charge is -2.15. The highest BCUT2D eigenvalue weighted by atomic mass is 32.2. The second-order valence-corrected chi connectivity index (χ2v) is 10.1. The molecule has 0 spiro atoms. The number of unbranched alkanes of at least 4 members (excludes halogenated alkanes) is 4. The largest absolute Gasteiger partial charge is 0.493 e. The number of amides is 1. The van der Waals surface area contributed by atoms with Gasteiger partial charge >= 0.3 is 0 Å². The SMILES string of the molecule is CCCCCCCOc1cccc(OCC(=O)Nc2ccc(S(=O)(=O)N3CCCC3)cc2)c1. The molecule has 0 atom stereocenters. The highest BCUT2D eigenvalue weighted by Crippen LogP contribution is 2.23. The van der Waals surface area contributed by atoms with Crippen LogP contribution in [-0.2, 0) is 14.8 Å². The smallest absolute Gasteiger partial charge is 0.262 e. The van der Waals surface area contributed by atoms with E-state index in [-0.39, 0.29) is 17.4 Å². The lowest BCUT2D eigenvalue weighted by atomic mass is 10.2. The number of hydrogen-bond donors (Lipinski definition) is 1. The van der Waals surface area contributed by atoms with Gasteiger partial charge in [-0.1, -0.05) is 38.7 Å². The molecule has 33 heavy (non-hydrogen) atoms. The minimum atomic E-state index is -3.46. The molecule has 3 rings (SSSR count). The molecule has 0 bridgehead atoms. The molecule has 0 unspecified atom stereocenters. The third-order valence-electron chi connectivity index (χ3n) is 5.53. The van der Waals surface area contributed by atoms with Crippen molar-refractivity contribution < 1.29 is 22.7 Å². The first-order valence-corrected chi connectivity index (χ1v) is 13.2. The van der Waals surface area contributed by atoms with E-state index < -0.39 is 10.0 Å². The van der Waals surface area contributed by atoms with Crippen molar-refractivity contribution in [2.24, 2.45) is 0 Å². The quantitative estimate of drug-likeness (QED) is 0.420. The molecule has 1 heterocycles. The molecule has 1 saturated heterocycles. The Bertz CT molecular complexity index is 986. The van der Waals surface area contributed by atoms with Gasteiger partial charge in [-0.15, -0.1) is 0 Å². The zero-order valence-corrected chi connectivity index (χ0v) is 20.1. The Hall–Kier alpha value is -2.58. The Morgan fingerprint density at radius 3 is 2.30 bits per heavy atom. The standard InChI is InChI=1S/C25H34N2O5S/c1-2-3-4-5-8-18-31-22-10-9-11-23(19-22)32-20-25(28)26-21-12-14-24(15-13-21)33(29,30)27-16-6-7-17-27/h9-15,19H,2-8,16-18,20H2,1H3,(H,26,28). The van der Waals surface area contributed by atoms with Crippen LogP contribution in [0.25, 0.3) is 0 Å². The third kappa shape index (κ3) is 7.75. The summed E-state index contributed by atoms with van der Waals surface area (Å²) in [6.45, 7) is 3.82. The first-order chi connectivity index (χ1) is 16.0. The Morgan fingerprint density at radius 2 is 1.61 bits per heavy atom. The van der Waals surface area contributed by atoms with Gasteiger partial charge in [-0.05, 0) is 55.7 Å². The second-order valence-electron chi connectivity index (χ2n) is 8.21. The minimum absolute atomic E-state index is 0.158. The highest BCUT2D eigenvalue weighted by Gasteiger charge is 2.26. The van der Waals surface area contributed by atoms with E-state index in [1.54, 1.807) is 24.3 Å². The zero-order valence-electron chi connectivity index (χ0n) is 19.3. The molecule has 1 N–H and O–H groups in total. The first-order valence-electron chi connectivity index (χ1n) is 11.7. The fourth-order valence-corrected chi connectivity index (χ4v) is 5.20. The normalized spacial score (nSPS) is 14.2. The number of hydrogen-bond acceptors (Lipinski definition) is 5. The van der Waals surface area contributed by atoms with Gasteiger partial charge in [0.05, 0.1) is 11.5 Å². The summed E-state index contributed by atoms with van der Waals surface area (Å²) < 4.78 is 38.0. The van der Waals surface area contributed by atoms with Gasteiger partial charge in [-0.25, -0.2) is 8.42 Å². The number of carbonyl (C=O) groups is 1. The number of rotatable bonds is 13. The second kappa shape index (κ2) is 12.6. The monoisotopic (exact) mass is 474 g/mol. The fraction of sp³-hybridized carbons (Fsp3) is 0.480. The van der Waals surface area contributed by atoms with Gasteiger partial charge in [-0.2, -0.15) is 4.31 Å². The highest BCUT2D eigenvalue weighted by molar-refractivity contribution is 7.89. The summed E-state index contributed by atoms with van der Waals surface area (Å²) in [5, 5.41) is 2.73. The van der Waals surface area contributed by atoms with Crippen molar-refractivity contribution in [3.05, 3.63) is 48.5 Å². The summed E-state index contributed by atoms with van der Waals surface area (Å²) in [5.74, 6) is 0.950. The maximum Gasteiger partial charge on any atom is 0.262 e. The van der Waals surface area contributed by atoms with E-state index in [2.05, 4.69) is 12.2 Å². The molecule has 7 nitrogen and oxygen atoms in total. The van der Waals surface area contributed by atoms with Gasteiger partial charge in [0.1, 0.15) is 11.5 Å². The molecule has 0 aromatic heterocycles. The maximum absolute atomic E-state index is 12.6. The summed E-state index contributed by atoms with van der Waals surface area (Å²) in [7, 11) is -3.46. The van der Waals surface area contributed by atoms with Gasteiger partial charge < -0.3 is 14.8 Å². The number of nitrogens with zero attached hydrogens (tertiary/aromatic N) is 1. The zero-order chi connectivity index (χ0) is 23.5. The predicted octanol–water partition coefficient (Wildman–Crippen LogP) is 4.84. The van der Waals surface area contributed by atoms with Crippen molar-refractivity contribution in [2.75, 3.05) is 31.6 Å². The molecule has 1 aliphatic heterocycles. The fourth-order valence-electron chi connectivity index (χ4n) is 3.68. The van der Waals surface area contributed by atoms with E-state index in [1.165, 1.54) is 35.7 Å². The van der Waals surface area contributed by atoms with Gasteiger partial charge in [0.2, 0.25) is 10.0 Å². The molecular formula is C25H34N2O5S. The third-order valence-corrected chi connectivity index (χ3v) is 7.45. The average molecular weight is 475 g/mol. The molecule has 0 radical (unpaired) electrons. The summed E-state index contributed by atoms with van der Waals surface area (Å²) >= 11 is 0. The number of benzene rings is 2. The van der Waals surface area contributed by atoms with E-state index in [0.29, 0.717) is 31.1 Å². The molecule has 1 fully saturated rings. The summed E-state index contributed by atoms with van der Waals surface area (Å²) in [5.41, 5.74) is 0.518. The van der Waals surface area contributed by atoms with E-state index in [9.17, 15) is 13.2 Å². The van der Waals surface area contributed by atoms with Crippen LogP contribution in [0.3, 0.4) is 0 Å². The number of sulfonamides is 1. The van der Waals surface area contributed by atoms with E-state index in [4.69, 9.17) is 9.47 Å². The van der Waals surface area contributed by atoms with Crippen LogP contribution >= 0.6 is 0 Å². The van der Waals surface area contributed by atoms with Gasteiger partial charge in [-0.3, -0.25) is 4.79 Å². The van der Waals surface area contributed by atoms with Crippen molar-refractivity contribution in [3.8, 4) is 11.5 Å². The molecule has 1 aliphatic rings. The van der Waals surface area contributed by atoms with Crippen LogP contribution in [0.5, 0.6) is 11.5 Å². The Labute approximate surface area is 197 Å². The Balaban J connectivity index is 1.44. The molecule has 0 saturated carbocycles. The van der Waals surface area contributed by atoms with Crippen LogP contribution in [-0.4, -0.2) is 44.9 Å². The maximum atomic E-state index is 12.6. The first kappa shape index (κ1) is 25.1. The van der Waals surface area contributed by atoms with Gasteiger partial charge in [0.15, 0.2) is 6.61 Å². The van der Waals surface area contributed by atoms with Gasteiger partial charge in [0.25, 0.3) is 5.91 Å². The average Bonchev–Trinajstić information content (AvgIpc) is 3.37. The number of carbonyl (C=O) groups excluding carboxylic acids is 1. The number of nitrogens with one attached hydrogen (secondary N) is 1. The molecule has 180 valence electrons. The van der Waals surface area contributed by atoms with Crippen molar-refractivity contribution in [3.63, 3.8) is 0 Å². The molecule has 1 amide bonds. The number of ether oxygens (including phenoxy) is 2. The van der Waals surface area contributed by atoms with Crippen molar-refractivity contribution in [1.82, 2.24) is 4.31 Å². The van der Waals surface area contributed by atoms with Crippen molar-refractivity contribution in [1.29, 1.82) is 0 Å². The molecule has 0 aliphatic carbocycles. The summed E-state index contributed by atoms with van der Waals surface area (Å²) in [6.07, 6.45) is 7.67. The summed E-state index contributed by atoms with van der Waals surface area (Å²) in [6, 6.07) is 13.5. The van der Waals surface area contributed by atoms with Gasteiger partial charge in [0, 0.05) is 24.8 Å².